The van der Waals surface area contributed by atoms with E-state index in [1.807, 2.05) is 54.6 Å². The second-order valence-electron chi connectivity index (χ2n) is 10.9. The SMILES string of the molecule is CC#N.CC#N.Cc1cc(-c2ccccc2)nn1[BH-](n1nc(-c2ccccc2)cc1C)n1nc(-c2ccccc2)cc1C.O=S(=O)([O-])C(F)(F)F.[Ni+2]. The second-order valence-corrected chi connectivity index (χ2v) is 12.3. The Kier molecular flexibility index (Phi) is 15.8. The molecule has 0 saturated carbocycles. The first kappa shape index (κ1) is 42.7. The van der Waals surface area contributed by atoms with Gasteiger partial charge in [0, 0.05) is 30.5 Å². The zero-order valence-electron chi connectivity index (χ0n) is 28.8. The van der Waals surface area contributed by atoms with Crippen molar-refractivity contribution in [3.63, 3.8) is 0 Å². The Morgan fingerprint density at radius 3 is 1.02 bits per heavy atom. The van der Waals surface area contributed by atoms with Crippen LogP contribution in [0.5, 0.6) is 0 Å². The van der Waals surface area contributed by atoms with Crippen molar-refractivity contribution in [1.29, 1.82) is 10.5 Å². The van der Waals surface area contributed by atoms with Gasteiger partial charge in [-0.15, -0.1) is 0 Å². The zero-order chi connectivity index (χ0) is 37.8. The molecule has 3 aromatic carbocycles. The van der Waals surface area contributed by atoms with E-state index in [0.29, 0.717) is 0 Å². The van der Waals surface area contributed by atoms with Crippen molar-refractivity contribution in [1.82, 2.24) is 29.1 Å². The molecule has 11 nitrogen and oxygen atoms in total. The summed E-state index contributed by atoms with van der Waals surface area (Å²) in [7, 11) is -7.65. The van der Waals surface area contributed by atoms with E-state index >= 15 is 0 Å². The average molecular weight is 773 g/mol. The monoisotopic (exact) mass is 772 g/mol. The first-order chi connectivity index (χ1) is 24.2. The summed E-state index contributed by atoms with van der Waals surface area (Å²) >= 11 is 0. The molecule has 0 radical (unpaired) electrons. The number of aryl methyl sites for hydroxylation is 3. The maximum atomic E-state index is 10.7. The van der Waals surface area contributed by atoms with Gasteiger partial charge in [-0.1, -0.05) is 91.0 Å². The van der Waals surface area contributed by atoms with Crippen LogP contribution in [0.4, 0.5) is 13.2 Å². The van der Waals surface area contributed by atoms with Crippen molar-refractivity contribution in [3.8, 4) is 45.9 Å². The van der Waals surface area contributed by atoms with E-state index in [0.717, 1.165) is 50.9 Å². The standard InChI is InChI=1S/C30H28BN6.2C2H3N.CHF3O3S.Ni/c1-22-19-28(25-13-7-4-8-14-25)32-35(22)31(36-23(2)20-29(33-36)26-15-9-5-10-16-26)37-24(3)21-30(34-37)27-17-11-6-12-18-27;2*1-2-3;2-1(3,4)8(5,6)7;/h4-21,31H,1-3H3;2*1H3;(H,5,6,7);/q-1;;;;+2/p-1. The summed E-state index contributed by atoms with van der Waals surface area (Å²) in [6.45, 7) is 9.17. The molecule has 0 bridgehead atoms. The second kappa shape index (κ2) is 19.2. The Bertz CT molecular complexity index is 2000. The minimum atomic E-state index is -6.09. The van der Waals surface area contributed by atoms with Crippen LogP contribution in [0.15, 0.2) is 109 Å². The third kappa shape index (κ3) is 11.0. The molecule has 0 aliphatic rings. The zero-order valence-corrected chi connectivity index (χ0v) is 30.6. The summed E-state index contributed by atoms with van der Waals surface area (Å²) < 4.78 is 65.2. The van der Waals surface area contributed by atoms with Crippen LogP contribution in [-0.4, -0.2) is 54.7 Å². The molecule has 17 heteroatoms. The van der Waals surface area contributed by atoms with Crippen LogP contribution in [-0.2, 0) is 26.6 Å². The molecule has 0 spiro atoms. The molecule has 6 rings (SSSR count). The number of nitrogens with zero attached hydrogens (tertiary/aromatic N) is 8. The summed E-state index contributed by atoms with van der Waals surface area (Å²) in [5, 5.41) is 30.0. The summed E-state index contributed by atoms with van der Waals surface area (Å²) in [6, 6.07) is 40.8. The molecule has 3 aromatic heterocycles. The van der Waals surface area contributed by atoms with Crippen molar-refractivity contribution < 1.29 is 42.6 Å². The van der Waals surface area contributed by atoms with Gasteiger partial charge in [0.25, 0.3) is 0 Å². The largest absolute Gasteiger partial charge is 2.00 e. The maximum absolute atomic E-state index is 10.7. The molecule has 0 saturated heterocycles. The smallest absolute Gasteiger partial charge is 0.741 e. The van der Waals surface area contributed by atoms with Gasteiger partial charge in [0.1, 0.15) is 0 Å². The van der Waals surface area contributed by atoms with Crippen LogP contribution < -0.4 is 0 Å². The van der Waals surface area contributed by atoms with Crippen molar-refractivity contribution in [2.24, 2.45) is 0 Å². The molecule has 0 aliphatic carbocycles. The van der Waals surface area contributed by atoms with Gasteiger partial charge in [-0.3, -0.25) is 0 Å². The van der Waals surface area contributed by atoms with E-state index in [2.05, 4.69) is 89.1 Å². The first-order valence-electron chi connectivity index (χ1n) is 15.3. The fourth-order valence-corrected chi connectivity index (χ4v) is 5.02. The molecular formula is C35H34BF3N8NiO3S. The van der Waals surface area contributed by atoms with E-state index < -0.39 is 22.7 Å². The first-order valence-corrected chi connectivity index (χ1v) is 16.7. The molecule has 52 heavy (non-hydrogen) atoms. The van der Waals surface area contributed by atoms with Crippen LogP contribution in [0.2, 0.25) is 0 Å². The molecule has 6 aromatic rings. The number of benzene rings is 3. The molecule has 0 atom stereocenters. The van der Waals surface area contributed by atoms with Crippen molar-refractivity contribution in [3.05, 3.63) is 126 Å². The minimum Gasteiger partial charge on any atom is -0.741 e. The molecule has 0 unspecified atom stereocenters. The molecule has 0 fully saturated rings. The van der Waals surface area contributed by atoms with Crippen LogP contribution >= 0.6 is 0 Å². The molecule has 0 N–H and O–H groups in total. The van der Waals surface area contributed by atoms with E-state index in [4.69, 9.17) is 38.8 Å². The van der Waals surface area contributed by atoms with Gasteiger partial charge in [0.2, 0.25) is 0 Å². The number of halogens is 3. The topological polar surface area (TPSA) is 158 Å². The van der Waals surface area contributed by atoms with Crippen molar-refractivity contribution in [2.75, 3.05) is 0 Å². The fourth-order valence-electron chi connectivity index (χ4n) is 5.02. The van der Waals surface area contributed by atoms with Crippen LogP contribution in [0.1, 0.15) is 30.9 Å². The van der Waals surface area contributed by atoms with Crippen LogP contribution in [0, 0.1) is 43.4 Å². The van der Waals surface area contributed by atoms with Gasteiger partial charge < -0.3 is 18.3 Å². The number of rotatable bonds is 6. The Morgan fingerprint density at radius 2 is 0.827 bits per heavy atom. The van der Waals surface area contributed by atoms with Gasteiger partial charge >= 0.3 is 29.1 Å². The van der Waals surface area contributed by atoms with Gasteiger partial charge in [0.05, 0.1) is 29.2 Å². The Labute approximate surface area is 310 Å². The molecule has 0 aliphatic heterocycles. The summed E-state index contributed by atoms with van der Waals surface area (Å²) in [4.78, 5) is 0. The van der Waals surface area contributed by atoms with Crippen molar-refractivity contribution >= 4 is 17.2 Å². The molecule has 272 valence electrons. The van der Waals surface area contributed by atoms with E-state index in [1.54, 1.807) is 12.1 Å². The maximum Gasteiger partial charge on any atom is 2.00 e. The third-order valence-corrected chi connectivity index (χ3v) is 7.81. The molecule has 0 amide bonds. The summed E-state index contributed by atoms with van der Waals surface area (Å²) in [6.07, 6.45) is 0. The minimum absolute atomic E-state index is 0. The van der Waals surface area contributed by atoms with Crippen LogP contribution in [0.25, 0.3) is 33.8 Å². The third-order valence-electron chi connectivity index (χ3n) is 7.24. The Hall–Kier alpha value is -5.47. The Morgan fingerprint density at radius 1 is 0.615 bits per heavy atom. The summed E-state index contributed by atoms with van der Waals surface area (Å²) in [5.41, 5.74) is 3.63. The van der Waals surface area contributed by atoms with E-state index in [9.17, 15) is 13.2 Å². The van der Waals surface area contributed by atoms with Crippen LogP contribution in [0.3, 0.4) is 0 Å². The number of aromatic nitrogens is 6. The normalized spacial score (nSPS) is 10.5. The number of hydrogen-bond donors (Lipinski definition) is 0. The predicted molar refractivity (Wildman–Crippen MR) is 189 cm³/mol. The fraction of sp³-hybridized carbons (Fsp3) is 0.171. The van der Waals surface area contributed by atoms with E-state index in [-0.39, 0.29) is 16.5 Å². The predicted octanol–water partition coefficient (Wildman–Crippen LogP) is 6.97. The Balaban J connectivity index is 0.000000537. The van der Waals surface area contributed by atoms with Gasteiger partial charge in [0.15, 0.2) is 10.1 Å². The quantitative estimate of drug-likeness (QED) is 0.0998. The number of nitriles is 2. The van der Waals surface area contributed by atoms with E-state index in [1.165, 1.54) is 13.8 Å². The molecule has 3 heterocycles. The summed E-state index contributed by atoms with van der Waals surface area (Å²) in [5.74, 6) is 0. The van der Waals surface area contributed by atoms with Gasteiger partial charge in [-0.25, -0.2) is 23.7 Å². The molecular weight excluding hydrogens is 739 g/mol. The van der Waals surface area contributed by atoms with Crippen molar-refractivity contribution in [2.45, 2.75) is 40.1 Å². The average Bonchev–Trinajstić information content (AvgIpc) is 3.80. The number of alkyl halides is 3. The number of hydrogen-bond acceptors (Lipinski definition) is 8. The van der Waals surface area contributed by atoms with Gasteiger partial charge in [-0.2, -0.15) is 23.7 Å². The van der Waals surface area contributed by atoms with Gasteiger partial charge in [-0.05, 0) is 56.1 Å².